The molecule has 1 aliphatic rings. The van der Waals surface area contributed by atoms with Crippen LogP contribution >= 0.6 is 7.75 Å². The summed E-state index contributed by atoms with van der Waals surface area (Å²) in [6.45, 7) is 4.89. The number of rotatable bonds is 7. The molecule has 0 aliphatic carbocycles. The number of methoxy groups -OCH3 is 2. The Labute approximate surface area is 146 Å². The van der Waals surface area contributed by atoms with Gasteiger partial charge in [-0.2, -0.15) is 0 Å². The summed E-state index contributed by atoms with van der Waals surface area (Å²) in [6.07, 6.45) is -1.09. The van der Waals surface area contributed by atoms with Crippen molar-refractivity contribution in [2.24, 2.45) is 5.41 Å². The van der Waals surface area contributed by atoms with Crippen LogP contribution < -0.4 is 10.4 Å². The van der Waals surface area contributed by atoms with E-state index in [1.165, 1.54) is 21.1 Å². The number of hydrogen-bond acceptors (Lipinski definition) is 8. The third-order valence-electron chi connectivity index (χ3n) is 3.56. The Morgan fingerprint density at radius 1 is 1.28 bits per heavy atom. The molecule has 1 amide bonds. The van der Waals surface area contributed by atoms with Gasteiger partial charge in [-0.05, 0) is 6.92 Å². The molecule has 3 atom stereocenters. The standard InChI is InChI=1S/C14H25N2O8P/c1-9(13(19)22-5)16-25(20)23-8-14(2,3)11(24-25)12(18)15-7-6-10(17)21-4/h9,11H,6-8H2,1-5H3,(H,15,18)(H,16,20)/t9-,11-,25-/m0/s1. The van der Waals surface area contributed by atoms with E-state index < -0.39 is 43.2 Å². The van der Waals surface area contributed by atoms with Gasteiger partial charge in [0.2, 0.25) is 5.91 Å². The van der Waals surface area contributed by atoms with Gasteiger partial charge in [0.15, 0.2) is 6.10 Å². The lowest BCUT2D eigenvalue weighted by Crippen LogP contribution is -2.51. The van der Waals surface area contributed by atoms with Crippen molar-refractivity contribution in [1.29, 1.82) is 0 Å². The Balaban J connectivity index is 2.75. The van der Waals surface area contributed by atoms with Crippen LogP contribution in [0.25, 0.3) is 0 Å². The molecule has 0 aromatic carbocycles. The first-order valence-corrected chi connectivity index (χ1v) is 9.22. The van der Waals surface area contributed by atoms with E-state index >= 15 is 0 Å². The van der Waals surface area contributed by atoms with Crippen LogP contribution in [0.1, 0.15) is 27.2 Å². The number of carbonyl (C=O) groups is 3. The zero-order valence-electron chi connectivity index (χ0n) is 15.0. The molecule has 1 heterocycles. The van der Waals surface area contributed by atoms with Crippen LogP contribution in [-0.4, -0.2) is 57.4 Å². The fourth-order valence-corrected chi connectivity index (χ4v) is 4.00. The molecule has 1 fully saturated rings. The van der Waals surface area contributed by atoms with E-state index in [2.05, 4.69) is 19.9 Å². The second kappa shape index (κ2) is 8.75. The summed E-state index contributed by atoms with van der Waals surface area (Å²) in [5.74, 6) is -1.65. The van der Waals surface area contributed by atoms with Gasteiger partial charge in [-0.25, -0.2) is 9.65 Å². The number of hydrogen-bond donors (Lipinski definition) is 2. The van der Waals surface area contributed by atoms with Crippen LogP contribution in [0.3, 0.4) is 0 Å². The molecule has 25 heavy (non-hydrogen) atoms. The van der Waals surface area contributed by atoms with E-state index in [0.29, 0.717) is 0 Å². The lowest BCUT2D eigenvalue weighted by Gasteiger charge is -2.40. The summed E-state index contributed by atoms with van der Waals surface area (Å²) >= 11 is 0. The minimum absolute atomic E-state index is 0.00116. The van der Waals surface area contributed by atoms with Crippen LogP contribution in [0.4, 0.5) is 0 Å². The maximum Gasteiger partial charge on any atom is 0.407 e. The Bertz CT molecular complexity index is 565. The van der Waals surface area contributed by atoms with Crippen LogP contribution in [0.15, 0.2) is 0 Å². The van der Waals surface area contributed by atoms with Crippen molar-refractivity contribution in [3.8, 4) is 0 Å². The Morgan fingerprint density at radius 3 is 2.48 bits per heavy atom. The average molecular weight is 380 g/mol. The van der Waals surface area contributed by atoms with Crippen molar-refractivity contribution in [3.63, 3.8) is 0 Å². The van der Waals surface area contributed by atoms with Gasteiger partial charge >= 0.3 is 19.7 Å². The highest BCUT2D eigenvalue weighted by Gasteiger charge is 2.48. The van der Waals surface area contributed by atoms with E-state index in [9.17, 15) is 18.9 Å². The monoisotopic (exact) mass is 380 g/mol. The number of nitrogens with one attached hydrogen (secondary N) is 2. The SMILES string of the molecule is COC(=O)CCNC(=O)[C@@H]1O[P@](=O)(N[C@@H](C)C(=O)OC)OCC1(C)C. The Hall–Kier alpha value is -1.48. The predicted octanol–water partition coefficient (Wildman–Crippen LogP) is 0.367. The number of ether oxygens (including phenoxy) is 2. The molecule has 0 aromatic heterocycles. The van der Waals surface area contributed by atoms with Crippen LogP contribution in [-0.2, 0) is 37.5 Å². The van der Waals surface area contributed by atoms with Crippen molar-refractivity contribution >= 4 is 25.6 Å². The largest absolute Gasteiger partial charge is 0.469 e. The van der Waals surface area contributed by atoms with Gasteiger partial charge in [-0.1, -0.05) is 13.8 Å². The molecule has 0 saturated carbocycles. The van der Waals surface area contributed by atoms with Crippen molar-refractivity contribution in [2.75, 3.05) is 27.4 Å². The molecule has 1 aliphatic heterocycles. The average Bonchev–Trinajstić information content (AvgIpc) is 2.56. The van der Waals surface area contributed by atoms with E-state index in [4.69, 9.17) is 9.05 Å². The minimum atomic E-state index is -3.89. The molecular formula is C14H25N2O8P. The van der Waals surface area contributed by atoms with Crippen molar-refractivity contribution in [3.05, 3.63) is 0 Å². The van der Waals surface area contributed by atoms with Crippen LogP contribution in [0.5, 0.6) is 0 Å². The summed E-state index contributed by atoms with van der Waals surface area (Å²) in [4.78, 5) is 34.9. The quantitative estimate of drug-likeness (QED) is 0.475. The highest BCUT2D eigenvalue weighted by atomic mass is 31.2. The highest BCUT2D eigenvalue weighted by molar-refractivity contribution is 7.51. The van der Waals surface area contributed by atoms with Crippen molar-refractivity contribution in [2.45, 2.75) is 39.3 Å². The topological polar surface area (TPSA) is 129 Å². The maximum absolute atomic E-state index is 12.7. The molecule has 2 N–H and O–H groups in total. The second-order valence-corrected chi connectivity index (χ2v) is 7.96. The fourth-order valence-electron chi connectivity index (χ4n) is 2.06. The minimum Gasteiger partial charge on any atom is -0.469 e. The summed E-state index contributed by atoms with van der Waals surface area (Å²) in [7, 11) is -1.44. The van der Waals surface area contributed by atoms with E-state index in [-0.39, 0.29) is 19.6 Å². The lowest BCUT2D eigenvalue weighted by atomic mass is 9.87. The van der Waals surface area contributed by atoms with Crippen LogP contribution in [0.2, 0.25) is 0 Å². The normalized spacial score (nSPS) is 26.4. The fraction of sp³-hybridized carbons (Fsp3) is 0.786. The van der Waals surface area contributed by atoms with Crippen molar-refractivity contribution < 1.29 is 37.5 Å². The summed E-state index contributed by atoms with van der Waals surface area (Å²) in [5.41, 5.74) is -0.764. The van der Waals surface area contributed by atoms with Gasteiger partial charge in [-0.3, -0.25) is 23.4 Å². The third kappa shape index (κ3) is 6.07. The molecular weight excluding hydrogens is 355 g/mol. The first kappa shape index (κ1) is 21.6. The zero-order valence-corrected chi connectivity index (χ0v) is 15.9. The van der Waals surface area contributed by atoms with Crippen LogP contribution in [0, 0.1) is 5.41 Å². The number of amides is 1. The van der Waals surface area contributed by atoms with Gasteiger partial charge in [0.1, 0.15) is 6.04 Å². The molecule has 0 spiro atoms. The van der Waals surface area contributed by atoms with Crippen molar-refractivity contribution in [1.82, 2.24) is 10.4 Å². The van der Waals surface area contributed by atoms with Gasteiger partial charge in [0.25, 0.3) is 0 Å². The first-order valence-electron chi connectivity index (χ1n) is 7.68. The van der Waals surface area contributed by atoms with Gasteiger partial charge < -0.3 is 14.8 Å². The van der Waals surface area contributed by atoms with E-state index in [1.54, 1.807) is 13.8 Å². The molecule has 11 heteroatoms. The lowest BCUT2D eigenvalue weighted by molar-refractivity contribution is -0.142. The van der Waals surface area contributed by atoms with Gasteiger partial charge in [-0.15, -0.1) is 0 Å². The first-order chi connectivity index (χ1) is 11.5. The predicted molar refractivity (Wildman–Crippen MR) is 86.5 cm³/mol. The number of carbonyl (C=O) groups excluding carboxylic acids is 3. The molecule has 0 unspecified atom stereocenters. The summed E-state index contributed by atoms with van der Waals surface area (Å²) in [6, 6.07) is -0.944. The van der Waals surface area contributed by atoms with E-state index in [0.717, 1.165) is 0 Å². The maximum atomic E-state index is 12.7. The zero-order chi connectivity index (χ0) is 19.3. The second-order valence-electron chi connectivity index (χ2n) is 6.24. The Morgan fingerprint density at radius 2 is 1.92 bits per heavy atom. The molecule has 144 valence electrons. The van der Waals surface area contributed by atoms with E-state index in [1.807, 2.05) is 0 Å². The molecule has 0 radical (unpaired) electrons. The highest BCUT2D eigenvalue weighted by Crippen LogP contribution is 2.53. The molecule has 0 aromatic rings. The third-order valence-corrected chi connectivity index (χ3v) is 5.22. The Kier molecular flexibility index (Phi) is 7.55. The summed E-state index contributed by atoms with van der Waals surface area (Å²) in [5, 5.41) is 4.97. The van der Waals surface area contributed by atoms with Gasteiger partial charge in [0.05, 0.1) is 27.2 Å². The summed E-state index contributed by atoms with van der Waals surface area (Å²) < 4.78 is 32.3. The molecule has 1 saturated heterocycles. The molecule has 0 bridgehead atoms. The smallest absolute Gasteiger partial charge is 0.407 e. The molecule has 10 nitrogen and oxygen atoms in total. The molecule has 1 rings (SSSR count). The number of esters is 2. The van der Waals surface area contributed by atoms with Gasteiger partial charge in [0, 0.05) is 12.0 Å².